The number of hydrogen-bond donors (Lipinski definition) is 2. The number of phenols is 1. The fraction of sp³-hybridized carbons (Fsp3) is 0.222. The van der Waals surface area contributed by atoms with Gasteiger partial charge < -0.3 is 9.84 Å². The summed E-state index contributed by atoms with van der Waals surface area (Å²) in [7, 11) is 0. The van der Waals surface area contributed by atoms with E-state index in [4.69, 9.17) is 4.74 Å². The molecule has 0 aliphatic carbocycles. The molecule has 0 unspecified atom stereocenters. The molecule has 0 atom stereocenters. The average Bonchev–Trinajstić information content (AvgIpc) is 2.51. The summed E-state index contributed by atoms with van der Waals surface area (Å²) < 4.78 is 6.45. The summed E-state index contributed by atoms with van der Waals surface area (Å²) in [5, 5.41) is 13.8. The third-order valence-electron chi connectivity index (χ3n) is 3.04. The number of amides is 1. The minimum atomic E-state index is -0.229. The topological polar surface area (TPSA) is 70.9 Å². The van der Waals surface area contributed by atoms with Gasteiger partial charge in [-0.1, -0.05) is 28.1 Å². The molecule has 0 bridgehead atoms. The molecule has 0 saturated heterocycles. The number of aromatic hydroxyl groups is 1. The molecular weight excluding hydrogens is 372 g/mol. The van der Waals surface area contributed by atoms with Crippen LogP contribution in [0, 0.1) is 0 Å². The maximum atomic E-state index is 11.8. The first-order valence-corrected chi connectivity index (χ1v) is 8.29. The maximum absolute atomic E-state index is 11.8. The van der Waals surface area contributed by atoms with E-state index in [0.29, 0.717) is 11.3 Å². The van der Waals surface area contributed by atoms with E-state index >= 15 is 0 Å². The molecular formula is C18H19BrN2O3. The van der Waals surface area contributed by atoms with E-state index in [1.54, 1.807) is 12.1 Å². The van der Waals surface area contributed by atoms with Gasteiger partial charge in [0.15, 0.2) is 0 Å². The summed E-state index contributed by atoms with van der Waals surface area (Å²) in [6.45, 7) is 3.82. The fourth-order valence-corrected chi connectivity index (χ4v) is 2.24. The summed E-state index contributed by atoms with van der Waals surface area (Å²) >= 11 is 3.35. The molecule has 2 aromatic rings. The smallest absolute Gasteiger partial charge is 0.244 e. The van der Waals surface area contributed by atoms with E-state index in [1.165, 1.54) is 12.3 Å². The van der Waals surface area contributed by atoms with Gasteiger partial charge in [0.2, 0.25) is 5.91 Å². The highest BCUT2D eigenvalue weighted by Gasteiger charge is 2.04. The molecule has 24 heavy (non-hydrogen) atoms. The van der Waals surface area contributed by atoms with E-state index in [-0.39, 0.29) is 24.2 Å². The van der Waals surface area contributed by atoms with Crippen molar-refractivity contribution in [2.45, 2.75) is 26.4 Å². The number of carbonyl (C=O) groups excluding carboxylic acids is 1. The third-order valence-corrected chi connectivity index (χ3v) is 3.57. The number of nitrogens with one attached hydrogen (secondary N) is 1. The van der Waals surface area contributed by atoms with Gasteiger partial charge in [0.25, 0.3) is 0 Å². The number of ether oxygens (including phenoxy) is 1. The summed E-state index contributed by atoms with van der Waals surface area (Å²) in [6, 6.07) is 12.4. The molecule has 0 aromatic heterocycles. The molecule has 6 heteroatoms. The maximum Gasteiger partial charge on any atom is 0.244 e. The number of rotatable bonds is 6. The predicted molar refractivity (Wildman–Crippen MR) is 97.5 cm³/mol. The number of nitrogens with zero attached hydrogens (tertiary/aromatic N) is 1. The van der Waals surface area contributed by atoms with Crippen molar-refractivity contribution in [2.24, 2.45) is 5.10 Å². The monoisotopic (exact) mass is 390 g/mol. The van der Waals surface area contributed by atoms with Crippen molar-refractivity contribution in [3.05, 3.63) is 58.1 Å². The molecule has 0 saturated carbocycles. The largest absolute Gasteiger partial charge is 0.507 e. The first-order valence-electron chi connectivity index (χ1n) is 7.50. The number of hydrazone groups is 1. The van der Waals surface area contributed by atoms with Crippen molar-refractivity contribution in [3.63, 3.8) is 0 Å². The first-order chi connectivity index (χ1) is 11.4. The van der Waals surface area contributed by atoms with E-state index in [9.17, 15) is 9.90 Å². The van der Waals surface area contributed by atoms with E-state index in [1.807, 2.05) is 38.1 Å². The normalized spacial score (nSPS) is 11.0. The van der Waals surface area contributed by atoms with E-state index < -0.39 is 0 Å². The van der Waals surface area contributed by atoms with Crippen molar-refractivity contribution < 1.29 is 14.6 Å². The minimum Gasteiger partial charge on any atom is -0.507 e. The molecule has 0 fully saturated rings. The Morgan fingerprint density at radius 3 is 2.62 bits per heavy atom. The van der Waals surface area contributed by atoms with Crippen LogP contribution in [-0.4, -0.2) is 23.3 Å². The molecule has 2 rings (SSSR count). The molecule has 126 valence electrons. The lowest BCUT2D eigenvalue weighted by molar-refractivity contribution is -0.120. The van der Waals surface area contributed by atoms with Gasteiger partial charge in [0.1, 0.15) is 11.5 Å². The van der Waals surface area contributed by atoms with Crippen LogP contribution in [0.15, 0.2) is 52.0 Å². The zero-order valence-corrected chi connectivity index (χ0v) is 15.1. The van der Waals surface area contributed by atoms with Crippen LogP contribution in [0.3, 0.4) is 0 Å². The van der Waals surface area contributed by atoms with Crippen LogP contribution in [0.1, 0.15) is 25.0 Å². The Morgan fingerprint density at radius 2 is 2.00 bits per heavy atom. The molecule has 0 spiro atoms. The fourth-order valence-electron chi connectivity index (χ4n) is 1.98. The number of carbonyl (C=O) groups is 1. The van der Waals surface area contributed by atoms with Gasteiger partial charge in [-0.15, -0.1) is 0 Å². The van der Waals surface area contributed by atoms with Crippen molar-refractivity contribution in [1.29, 1.82) is 0 Å². The summed E-state index contributed by atoms with van der Waals surface area (Å²) in [5.74, 6) is 0.394. The van der Waals surface area contributed by atoms with Crippen LogP contribution in [0.2, 0.25) is 0 Å². The molecule has 2 N–H and O–H groups in total. The number of phenolic OH excluding ortho intramolecular Hbond substituents is 1. The van der Waals surface area contributed by atoms with Crippen LogP contribution in [-0.2, 0) is 11.2 Å². The van der Waals surface area contributed by atoms with Crippen LogP contribution in [0.25, 0.3) is 0 Å². The lowest BCUT2D eigenvalue weighted by atomic mass is 10.1. The Balaban J connectivity index is 1.91. The molecule has 5 nitrogen and oxygen atoms in total. The minimum absolute atomic E-state index is 0.0295. The molecule has 0 aliphatic rings. The first kappa shape index (κ1) is 18.0. The molecule has 2 aromatic carbocycles. The zero-order valence-electron chi connectivity index (χ0n) is 13.5. The van der Waals surface area contributed by atoms with Gasteiger partial charge in [-0.25, -0.2) is 5.43 Å². The van der Waals surface area contributed by atoms with Gasteiger partial charge in [-0.05, 0) is 43.7 Å². The van der Waals surface area contributed by atoms with Crippen LogP contribution < -0.4 is 10.2 Å². The van der Waals surface area contributed by atoms with Gasteiger partial charge in [-0.3, -0.25) is 4.79 Å². The summed E-state index contributed by atoms with van der Waals surface area (Å²) in [6.07, 6.45) is 1.66. The zero-order chi connectivity index (χ0) is 17.5. The molecule has 1 amide bonds. The summed E-state index contributed by atoms with van der Waals surface area (Å²) in [5.41, 5.74) is 3.83. The van der Waals surface area contributed by atoms with Crippen molar-refractivity contribution >= 4 is 28.1 Å². The van der Waals surface area contributed by atoms with Crippen molar-refractivity contribution in [3.8, 4) is 11.5 Å². The van der Waals surface area contributed by atoms with Crippen LogP contribution in [0.5, 0.6) is 11.5 Å². The second kappa shape index (κ2) is 8.49. The highest BCUT2D eigenvalue weighted by Crippen LogP contribution is 2.23. The van der Waals surface area contributed by atoms with Crippen LogP contribution in [0.4, 0.5) is 0 Å². The third kappa shape index (κ3) is 5.70. The van der Waals surface area contributed by atoms with Crippen molar-refractivity contribution in [2.75, 3.05) is 0 Å². The van der Waals surface area contributed by atoms with Crippen molar-refractivity contribution in [1.82, 2.24) is 5.43 Å². The highest BCUT2D eigenvalue weighted by atomic mass is 79.9. The second-order valence-electron chi connectivity index (χ2n) is 5.48. The summed E-state index contributed by atoms with van der Waals surface area (Å²) in [4.78, 5) is 11.8. The molecule has 0 radical (unpaired) electrons. The molecule has 0 heterocycles. The van der Waals surface area contributed by atoms with Gasteiger partial charge in [0.05, 0.1) is 18.7 Å². The van der Waals surface area contributed by atoms with Crippen LogP contribution >= 0.6 is 15.9 Å². The Labute approximate surface area is 149 Å². The Bertz CT molecular complexity index is 728. The lowest BCUT2D eigenvalue weighted by Crippen LogP contribution is -2.19. The average molecular weight is 391 g/mol. The standard InChI is InChI=1S/C18H19BrN2O3/c1-12(2)24-16-8-5-14(17(22)10-16)11-20-21-18(23)9-13-3-6-15(19)7-4-13/h3-8,10-12,22H,9H2,1-2H3,(H,21,23)/b20-11+. The van der Waals surface area contributed by atoms with Gasteiger partial charge in [-0.2, -0.15) is 5.10 Å². The Morgan fingerprint density at radius 1 is 1.29 bits per heavy atom. The van der Waals surface area contributed by atoms with E-state index in [2.05, 4.69) is 26.5 Å². The SMILES string of the molecule is CC(C)Oc1ccc(/C=N/NC(=O)Cc2ccc(Br)cc2)c(O)c1. The van der Waals surface area contributed by atoms with Gasteiger partial charge >= 0.3 is 0 Å². The Hall–Kier alpha value is -2.34. The molecule has 0 aliphatic heterocycles. The lowest BCUT2D eigenvalue weighted by Gasteiger charge is -2.10. The number of benzene rings is 2. The quantitative estimate of drug-likeness (QED) is 0.584. The number of halogens is 1. The Kier molecular flexibility index (Phi) is 6.37. The highest BCUT2D eigenvalue weighted by molar-refractivity contribution is 9.10. The number of hydrogen-bond acceptors (Lipinski definition) is 4. The van der Waals surface area contributed by atoms with E-state index in [0.717, 1.165) is 10.0 Å². The predicted octanol–water partition coefficient (Wildman–Crippen LogP) is 3.63. The van der Waals surface area contributed by atoms with Gasteiger partial charge in [0, 0.05) is 16.1 Å². The second-order valence-corrected chi connectivity index (χ2v) is 6.40.